The van der Waals surface area contributed by atoms with Crippen molar-refractivity contribution in [3.63, 3.8) is 0 Å². The first kappa shape index (κ1) is 20.5. The Morgan fingerprint density at radius 2 is 2.00 bits per heavy atom. The van der Waals surface area contributed by atoms with Gasteiger partial charge < -0.3 is 10.1 Å². The number of aromatic nitrogens is 3. The maximum Gasteiger partial charge on any atom is 0.573 e. The van der Waals surface area contributed by atoms with Crippen LogP contribution in [-0.2, 0) is 11.2 Å². The average molecular weight is 414 g/mol. The highest BCUT2D eigenvalue weighted by Gasteiger charge is 2.31. The molecular formula is C18H21F3N4O2S. The van der Waals surface area contributed by atoms with Crippen molar-refractivity contribution in [2.75, 3.05) is 5.32 Å². The molecule has 152 valence electrons. The Hall–Kier alpha value is -2.23. The summed E-state index contributed by atoms with van der Waals surface area (Å²) in [6.45, 7) is 1.72. The molecule has 10 heteroatoms. The number of amides is 1. The monoisotopic (exact) mass is 414 g/mol. The molecule has 1 saturated carbocycles. The summed E-state index contributed by atoms with van der Waals surface area (Å²) in [4.78, 5) is 16.7. The lowest BCUT2D eigenvalue weighted by Gasteiger charge is -2.12. The molecule has 3 rings (SSSR count). The number of ether oxygens (including phenoxy) is 1. The van der Waals surface area contributed by atoms with E-state index in [1.165, 1.54) is 49.6 Å². The third-order valence-electron chi connectivity index (χ3n) is 4.47. The van der Waals surface area contributed by atoms with Gasteiger partial charge in [0.25, 0.3) is 0 Å². The number of carbonyl (C=O) groups excluding carboxylic acids is 1. The Bertz CT molecular complexity index is 789. The summed E-state index contributed by atoms with van der Waals surface area (Å²) < 4.78 is 40.3. The minimum Gasteiger partial charge on any atom is -0.406 e. The highest BCUT2D eigenvalue weighted by Crippen LogP contribution is 2.28. The third-order valence-corrected chi connectivity index (χ3v) is 5.44. The van der Waals surface area contributed by atoms with Crippen LogP contribution < -0.4 is 10.1 Å². The zero-order chi connectivity index (χ0) is 20.1. The fourth-order valence-electron chi connectivity index (χ4n) is 3.11. The lowest BCUT2D eigenvalue weighted by molar-refractivity contribution is -0.274. The number of anilines is 1. The number of halogens is 3. The van der Waals surface area contributed by atoms with Crippen LogP contribution >= 0.6 is 11.8 Å². The SMILES string of the molecule is CC(Sc1n[nH]c(CC2CCCC2)n1)C(=O)Nc1ccc(OC(F)(F)F)cc1. The van der Waals surface area contributed by atoms with Gasteiger partial charge in [-0.1, -0.05) is 37.4 Å². The molecule has 28 heavy (non-hydrogen) atoms. The summed E-state index contributed by atoms with van der Waals surface area (Å²) in [6.07, 6.45) is 1.09. The number of rotatable bonds is 7. The molecule has 0 bridgehead atoms. The first-order valence-electron chi connectivity index (χ1n) is 9.03. The summed E-state index contributed by atoms with van der Waals surface area (Å²) >= 11 is 1.22. The number of hydrogen-bond acceptors (Lipinski definition) is 5. The molecule has 0 radical (unpaired) electrons. The van der Waals surface area contributed by atoms with Crippen molar-refractivity contribution >= 4 is 23.4 Å². The van der Waals surface area contributed by atoms with E-state index < -0.39 is 11.6 Å². The molecule has 1 aromatic carbocycles. The van der Waals surface area contributed by atoms with Crippen LogP contribution in [0, 0.1) is 5.92 Å². The second-order valence-electron chi connectivity index (χ2n) is 6.74. The molecular weight excluding hydrogens is 393 g/mol. The topological polar surface area (TPSA) is 79.9 Å². The van der Waals surface area contributed by atoms with Crippen molar-refractivity contribution in [3.05, 3.63) is 30.1 Å². The highest BCUT2D eigenvalue weighted by atomic mass is 32.2. The van der Waals surface area contributed by atoms with E-state index in [9.17, 15) is 18.0 Å². The Morgan fingerprint density at radius 1 is 1.32 bits per heavy atom. The van der Waals surface area contributed by atoms with Gasteiger partial charge in [-0.25, -0.2) is 4.98 Å². The second-order valence-corrected chi connectivity index (χ2v) is 8.05. The maximum atomic E-state index is 12.3. The number of hydrogen-bond donors (Lipinski definition) is 2. The number of benzene rings is 1. The normalized spacial score (nSPS) is 16.1. The molecule has 0 aliphatic heterocycles. The van der Waals surface area contributed by atoms with Crippen molar-refractivity contribution in [1.82, 2.24) is 15.2 Å². The van der Waals surface area contributed by atoms with Gasteiger partial charge in [0.1, 0.15) is 11.6 Å². The van der Waals surface area contributed by atoms with Gasteiger partial charge in [-0.05, 0) is 37.1 Å². The van der Waals surface area contributed by atoms with Gasteiger partial charge in [0, 0.05) is 12.1 Å². The molecule has 2 N–H and O–H groups in total. The van der Waals surface area contributed by atoms with E-state index in [1.807, 2.05) is 0 Å². The Kier molecular flexibility index (Phi) is 6.48. The molecule has 1 fully saturated rings. The van der Waals surface area contributed by atoms with Gasteiger partial charge in [0.05, 0.1) is 5.25 Å². The standard InChI is InChI=1S/C18H21F3N4O2S/c1-11(28-17-23-15(24-25-17)10-12-4-2-3-5-12)16(26)22-13-6-8-14(9-7-13)27-18(19,20)21/h6-9,11-12H,2-5,10H2,1H3,(H,22,26)(H,23,24,25). The average Bonchev–Trinajstić information content (AvgIpc) is 3.28. The number of carbonyl (C=O) groups is 1. The summed E-state index contributed by atoms with van der Waals surface area (Å²) in [6, 6.07) is 4.99. The number of aromatic amines is 1. The van der Waals surface area contributed by atoms with Crippen LogP contribution in [0.1, 0.15) is 38.4 Å². The van der Waals surface area contributed by atoms with Crippen molar-refractivity contribution in [1.29, 1.82) is 0 Å². The molecule has 6 nitrogen and oxygen atoms in total. The molecule has 1 aromatic heterocycles. The van der Waals surface area contributed by atoms with Crippen LogP contribution in [-0.4, -0.2) is 32.7 Å². The van der Waals surface area contributed by atoms with Crippen molar-refractivity contribution in [2.24, 2.45) is 5.92 Å². The van der Waals surface area contributed by atoms with Crippen LogP contribution in [0.15, 0.2) is 29.4 Å². The third kappa shape index (κ3) is 6.15. The van der Waals surface area contributed by atoms with Crippen LogP contribution in [0.25, 0.3) is 0 Å². The zero-order valence-corrected chi connectivity index (χ0v) is 16.1. The van der Waals surface area contributed by atoms with Gasteiger partial charge in [0.2, 0.25) is 11.1 Å². The summed E-state index contributed by atoms with van der Waals surface area (Å²) in [5.74, 6) is 0.846. The van der Waals surface area contributed by atoms with Gasteiger partial charge in [0.15, 0.2) is 0 Å². The quantitative estimate of drug-likeness (QED) is 0.650. The van der Waals surface area contributed by atoms with E-state index in [-0.39, 0.29) is 11.7 Å². The van der Waals surface area contributed by atoms with E-state index in [0.29, 0.717) is 16.8 Å². The summed E-state index contributed by atoms with van der Waals surface area (Å²) in [7, 11) is 0. The number of nitrogens with zero attached hydrogens (tertiary/aromatic N) is 2. The Balaban J connectivity index is 1.49. The Morgan fingerprint density at radius 3 is 2.64 bits per heavy atom. The molecule has 1 amide bonds. The van der Waals surface area contributed by atoms with Crippen LogP contribution in [0.4, 0.5) is 18.9 Å². The van der Waals surface area contributed by atoms with Crippen LogP contribution in [0.2, 0.25) is 0 Å². The van der Waals surface area contributed by atoms with E-state index in [0.717, 1.165) is 24.4 Å². The molecule has 1 unspecified atom stereocenters. The zero-order valence-electron chi connectivity index (χ0n) is 15.3. The number of alkyl halides is 3. The van der Waals surface area contributed by atoms with Crippen molar-refractivity contribution < 1.29 is 22.7 Å². The fourth-order valence-corrected chi connectivity index (χ4v) is 3.85. The van der Waals surface area contributed by atoms with Crippen molar-refractivity contribution in [2.45, 2.75) is 55.8 Å². The van der Waals surface area contributed by atoms with Gasteiger partial charge in [-0.2, -0.15) is 0 Å². The first-order chi connectivity index (χ1) is 13.3. The molecule has 0 spiro atoms. The number of H-pyrrole nitrogens is 1. The first-order valence-corrected chi connectivity index (χ1v) is 9.91. The fraction of sp³-hybridized carbons (Fsp3) is 0.500. The lowest BCUT2D eigenvalue weighted by Crippen LogP contribution is -2.22. The van der Waals surface area contributed by atoms with Gasteiger partial charge in [-0.3, -0.25) is 9.89 Å². The second kappa shape index (κ2) is 8.85. The lowest BCUT2D eigenvalue weighted by atomic mass is 10.0. The minimum absolute atomic E-state index is 0.295. The summed E-state index contributed by atoms with van der Waals surface area (Å²) in [5, 5.41) is 9.78. The van der Waals surface area contributed by atoms with Gasteiger partial charge >= 0.3 is 6.36 Å². The van der Waals surface area contributed by atoms with Crippen LogP contribution in [0.5, 0.6) is 5.75 Å². The molecule has 2 aromatic rings. The van der Waals surface area contributed by atoms with E-state index in [2.05, 4.69) is 25.2 Å². The van der Waals surface area contributed by atoms with E-state index in [4.69, 9.17) is 0 Å². The van der Waals surface area contributed by atoms with Crippen molar-refractivity contribution in [3.8, 4) is 5.75 Å². The number of nitrogens with one attached hydrogen (secondary N) is 2. The summed E-state index contributed by atoms with van der Waals surface area (Å²) in [5.41, 5.74) is 0.379. The smallest absolute Gasteiger partial charge is 0.406 e. The van der Waals surface area contributed by atoms with E-state index in [1.54, 1.807) is 6.92 Å². The largest absolute Gasteiger partial charge is 0.573 e. The van der Waals surface area contributed by atoms with E-state index >= 15 is 0 Å². The molecule has 1 heterocycles. The molecule has 0 saturated heterocycles. The van der Waals surface area contributed by atoms with Crippen LogP contribution in [0.3, 0.4) is 0 Å². The van der Waals surface area contributed by atoms with Gasteiger partial charge in [-0.15, -0.1) is 18.3 Å². The maximum absolute atomic E-state index is 12.3. The predicted molar refractivity (Wildman–Crippen MR) is 99.1 cm³/mol. The highest BCUT2D eigenvalue weighted by molar-refractivity contribution is 8.00. The molecule has 1 aliphatic carbocycles. The molecule has 1 atom stereocenters. The number of thioether (sulfide) groups is 1. The minimum atomic E-state index is -4.75. The molecule has 1 aliphatic rings. The predicted octanol–water partition coefficient (Wildman–Crippen LogP) is 4.56. The Labute approximate surface area is 164 Å².